The molecule has 0 aliphatic rings. The average molecular weight is 165 g/mol. The Bertz CT molecular complexity index is 218. The number of rotatable bonds is 3. The maximum Gasteiger partial charge on any atom is 0.0634 e. The third-order valence-corrected chi connectivity index (χ3v) is 1.85. The molecule has 0 aliphatic carbocycles. The Morgan fingerprint density at radius 2 is 2.45 bits per heavy atom. The zero-order valence-electron chi connectivity index (χ0n) is 6.53. The normalized spacial score (nSPS) is 10.6. The highest BCUT2D eigenvalue weighted by molar-refractivity contribution is 8.02. The summed E-state index contributed by atoms with van der Waals surface area (Å²) in [7, 11) is 0. The lowest BCUT2D eigenvalue weighted by Gasteiger charge is -1.88. The maximum absolute atomic E-state index is 4.15. The van der Waals surface area contributed by atoms with Gasteiger partial charge in [-0.05, 0) is 29.4 Å². The Hall–Kier alpha value is -0.760. The van der Waals surface area contributed by atoms with Gasteiger partial charge in [0.1, 0.15) is 0 Å². The molecular formula is C9H11NS. The Morgan fingerprint density at radius 3 is 3.09 bits per heavy atom. The molecule has 0 amide bonds. The lowest BCUT2D eigenvalue weighted by atomic mass is 10.3. The van der Waals surface area contributed by atoms with Crippen LogP contribution in [0.25, 0.3) is 6.08 Å². The molecule has 1 aromatic rings. The molecule has 0 saturated heterocycles. The number of hydrogen-bond acceptors (Lipinski definition) is 2. The molecule has 11 heavy (non-hydrogen) atoms. The highest BCUT2D eigenvalue weighted by atomic mass is 32.2. The quantitative estimate of drug-likeness (QED) is 0.683. The van der Waals surface area contributed by atoms with Gasteiger partial charge in [0.15, 0.2) is 0 Å². The van der Waals surface area contributed by atoms with E-state index < -0.39 is 0 Å². The number of nitrogens with zero attached hydrogens (tertiary/aromatic N) is 1. The minimum Gasteiger partial charge on any atom is -0.257 e. The topological polar surface area (TPSA) is 12.9 Å². The van der Waals surface area contributed by atoms with Crippen LogP contribution in [0.5, 0.6) is 0 Å². The molecule has 1 rings (SSSR count). The minimum atomic E-state index is 1.02. The van der Waals surface area contributed by atoms with Crippen LogP contribution < -0.4 is 0 Å². The number of aromatic nitrogens is 1. The van der Waals surface area contributed by atoms with Gasteiger partial charge in [0.2, 0.25) is 0 Å². The van der Waals surface area contributed by atoms with Crippen LogP contribution in [0.15, 0.2) is 29.8 Å². The van der Waals surface area contributed by atoms with Gasteiger partial charge in [-0.1, -0.05) is 13.0 Å². The van der Waals surface area contributed by atoms with E-state index in [-0.39, 0.29) is 0 Å². The van der Waals surface area contributed by atoms with Gasteiger partial charge in [-0.2, -0.15) is 0 Å². The largest absolute Gasteiger partial charge is 0.257 e. The zero-order valence-corrected chi connectivity index (χ0v) is 7.34. The van der Waals surface area contributed by atoms with E-state index in [0.29, 0.717) is 0 Å². The van der Waals surface area contributed by atoms with Crippen LogP contribution in [0, 0.1) is 0 Å². The van der Waals surface area contributed by atoms with Gasteiger partial charge in [-0.15, -0.1) is 11.8 Å². The van der Waals surface area contributed by atoms with Gasteiger partial charge in [0, 0.05) is 6.20 Å². The van der Waals surface area contributed by atoms with E-state index in [1.54, 1.807) is 18.0 Å². The molecule has 1 heterocycles. The Kier molecular flexibility index (Phi) is 3.76. The van der Waals surface area contributed by atoms with Crippen molar-refractivity contribution in [3.63, 3.8) is 0 Å². The minimum absolute atomic E-state index is 1.02. The van der Waals surface area contributed by atoms with Crippen LogP contribution in [0.4, 0.5) is 0 Å². The molecule has 0 spiro atoms. The highest BCUT2D eigenvalue weighted by Gasteiger charge is 1.82. The van der Waals surface area contributed by atoms with Crippen molar-refractivity contribution < 1.29 is 0 Å². The lowest BCUT2D eigenvalue weighted by Crippen LogP contribution is -1.74. The molecule has 0 fully saturated rings. The average Bonchev–Trinajstić information content (AvgIpc) is 2.07. The van der Waals surface area contributed by atoms with E-state index in [9.17, 15) is 0 Å². The van der Waals surface area contributed by atoms with Crippen molar-refractivity contribution in [3.8, 4) is 0 Å². The van der Waals surface area contributed by atoms with E-state index in [4.69, 9.17) is 0 Å². The Balaban J connectivity index is 2.50. The summed E-state index contributed by atoms with van der Waals surface area (Å²) in [5.41, 5.74) is 1.02. The zero-order chi connectivity index (χ0) is 7.94. The smallest absolute Gasteiger partial charge is 0.0634 e. The number of pyridine rings is 1. The third-order valence-electron chi connectivity index (χ3n) is 1.19. The molecular weight excluding hydrogens is 154 g/mol. The summed E-state index contributed by atoms with van der Waals surface area (Å²) in [6.45, 7) is 2.13. The molecule has 1 nitrogen and oxygen atoms in total. The predicted molar refractivity (Wildman–Crippen MR) is 51.4 cm³/mol. The first-order valence-electron chi connectivity index (χ1n) is 3.62. The van der Waals surface area contributed by atoms with Gasteiger partial charge in [-0.25, -0.2) is 0 Å². The van der Waals surface area contributed by atoms with Crippen molar-refractivity contribution >= 4 is 17.8 Å². The van der Waals surface area contributed by atoms with Crippen LogP contribution in [-0.2, 0) is 0 Å². The summed E-state index contributed by atoms with van der Waals surface area (Å²) in [5, 5.41) is 2.07. The van der Waals surface area contributed by atoms with Crippen molar-refractivity contribution in [3.05, 3.63) is 35.5 Å². The second kappa shape index (κ2) is 4.97. The van der Waals surface area contributed by atoms with E-state index in [1.807, 2.05) is 24.3 Å². The van der Waals surface area contributed by atoms with Crippen LogP contribution >= 0.6 is 11.8 Å². The fourth-order valence-electron chi connectivity index (χ4n) is 0.689. The molecule has 2 heteroatoms. The molecule has 0 bridgehead atoms. The van der Waals surface area contributed by atoms with Crippen LogP contribution in [-0.4, -0.2) is 10.7 Å². The summed E-state index contributed by atoms with van der Waals surface area (Å²) < 4.78 is 0. The van der Waals surface area contributed by atoms with Gasteiger partial charge >= 0.3 is 0 Å². The van der Waals surface area contributed by atoms with Gasteiger partial charge in [0.05, 0.1) is 5.69 Å². The maximum atomic E-state index is 4.15. The summed E-state index contributed by atoms with van der Waals surface area (Å²) in [5.74, 6) is 1.11. The third kappa shape index (κ3) is 3.23. The molecule has 0 unspecified atom stereocenters. The van der Waals surface area contributed by atoms with Crippen molar-refractivity contribution in [1.82, 2.24) is 4.98 Å². The standard InChI is InChI=1S/C9H11NS/c1-2-11-8-6-9-5-3-4-7-10-9/h3-8H,2H2,1H3/b8-6-. The molecule has 0 atom stereocenters. The monoisotopic (exact) mass is 165 g/mol. The summed E-state index contributed by atoms with van der Waals surface area (Å²) >= 11 is 1.78. The fourth-order valence-corrected chi connectivity index (χ4v) is 1.12. The van der Waals surface area contributed by atoms with E-state index in [1.165, 1.54) is 0 Å². The van der Waals surface area contributed by atoms with Gasteiger partial charge in [-0.3, -0.25) is 4.98 Å². The molecule has 0 aromatic carbocycles. The first-order valence-corrected chi connectivity index (χ1v) is 4.67. The van der Waals surface area contributed by atoms with E-state index in [0.717, 1.165) is 11.4 Å². The second-order valence-corrected chi connectivity index (χ2v) is 3.20. The lowest BCUT2D eigenvalue weighted by molar-refractivity contribution is 1.30. The van der Waals surface area contributed by atoms with Crippen LogP contribution in [0.3, 0.4) is 0 Å². The van der Waals surface area contributed by atoms with E-state index in [2.05, 4.69) is 17.3 Å². The first-order chi connectivity index (χ1) is 5.43. The van der Waals surface area contributed by atoms with Crippen LogP contribution in [0.2, 0.25) is 0 Å². The Morgan fingerprint density at radius 1 is 1.55 bits per heavy atom. The summed E-state index contributed by atoms with van der Waals surface area (Å²) in [4.78, 5) is 4.15. The predicted octanol–water partition coefficient (Wildman–Crippen LogP) is 2.81. The highest BCUT2D eigenvalue weighted by Crippen LogP contribution is 2.04. The number of thioether (sulfide) groups is 1. The molecule has 58 valence electrons. The second-order valence-electron chi connectivity index (χ2n) is 2.01. The van der Waals surface area contributed by atoms with Crippen molar-refractivity contribution in [1.29, 1.82) is 0 Å². The van der Waals surface area contributed by atoms with Gasteiger partial charge < -0.3 is 0 Å². The molecule has 0 aliphatic heterocycles. The number of hydrogen-bond donors (Lipinski definition) is 0. The SMILES string of the molecule is CCS/C=C\c1ccccn1. The van der Waals surface area contributed by atoms with Crippen molar-refractivity contribution in [2.75, 3.05) is 5.75 Å². The summed E-state index contributed by atoms with van der Waals surface area (Å²) in [6, 6.07) is 5.90. The van der Waals surface area contributed by atoms with Crippen LogP contribution in [0.1, 0.15) is 12.6 Å². The first kappa shape index (κ1) is 8.34. The molecule has 0 N–H and O–H groups in total. The molecule has 0 radical (unpaired) electrons. The van der Waals surface area contributed by atoms with Crippen molar-refractivity contribution in [2.24, 2.45) is 0 Å². The van der Waals surface area contributed by atoms with Gasteiger partial charge in [0.25, 0.3) is 0 Å². The summed E-state index contributed by atoms with van der Waals surface area (Å²) in [6.07, 6.45) is 3.82. The molecule has 1 aromatic heterocycles. The van der Waals surface area contributed by atoms with E-state index >= 15 is 0 Å². The molecule has 0 saturated carbocycles. The van der Waals surface area contributed by atoms with Crippen molar-refractivity contribution in [2.45, 2.75) is 6.92 Å². The fraction of sp³-hybridized carbons (Fsp3) is 0.222. The Labute approximate surface area is 71.5 Å².